The Hall–Kier alpha value is -1.43. The van der Waals surface area contributed by atoms with Gasteiger partial charge in [-0.2, -0.15) is 13.2 Å². The average Bonchev–Trinajstić information content (AvgIpc) is 2.46. The molecule has 0 amide bonds. The van der Waals surface area contributed by atoms with Gasteiger partial charge in [-0.15, -0.1) is 0 Å². The van der Waals surface area contributed by atoms with Crippen LogP contribution in [0.2, 0.25) is 0 Å². The highest BCUT2D eigenvalue weighted by atomic mass is 19.4. The molecule has 3 nitrogen and oxygen atoms in total. The van der Waals surface area contributed by atoms with Gasteiger partial charge in [-0.1, -0.05) is 6.42 Å². The van der Waals surface area contributed by atoms with E-state index in [0.717, 1.165) is 6.42 Å². The van der Waals surface area contributed by atoms with Crippen LogP contribution in [0.1, 0.15) is 31.2 Å². The maximum absolute atomic E-state index is 12.8. The van der Waals surface area contributed by atoms with Crippen LogP contribution in [0.5, 0.6) is 5.75 Å². The van der Waals surface area contributed by atoms with E-state index in [2.05, 4.69) is 5.32 Å². The van der Waals surface area contributed by atoms with Gasteiger partial charge in [0.25, 0.3) is 0 Å². The molecule has 6 heteroatoms. The molecule has 2 atom stereocenters. The van der Waals surface area contributed by atoms with Crippen LogP contribution in [-0.2, 0) is 6.61 Å². The SMILES string of the molecule is COc1ccc(N[C@H]2CCC[C@@H](C(F)(F)F)C2)cc1CO. The van der Waals surface area contributed by atoms with Crippen molar-refractivity contribution in [3.63, 3.8) is 0 Å². The predicted molar refractivity (Wildman–Crippen MR) is 74.3 cm³/mol. The molecule has 118 valence electrons. The van der Waals surface area contributed by atoms with Gasteiger partial charge >= 0.3 is 6.18 Å². The van der Waals surface area contributed by atoms with Crippen molar-refractivity contribution in [2.45, 2.75) is 44.5 Å². The van der Waals surface area contributed by atoms with E-state index < -0.39 is 12.1 Å². The fourth-order valence-electron chi connectivity index (χ4n) is 2.85. The lowest BCUT2D eigenvalue weighted by Crippen LogP contribution is -2.34. The smallest absolute Gasteiger partial charge is 0.391 e. The van der Waals surface area contributed by atoms with Gasteiger partial charge in [0.1, 0.15) is 5.75 Å². The van der Waals surface area contributed by atoms with Crippen molar-refractivity contribution in [3.05, 3.63) is 23.8 Å². The second-order valence-corrected chi connectivity index (χ2v) is 5.43. The Morgan fingerprint density at radius 1 is 1.33 bits per heavy atom. The molecule has 1 aliphatic carbocycles. The first-order valence-corrected chi connectivity index (χ1v) is 7.05. The lowest BCUT2D eigenvalue weighted by atomic mass is 9.85. The molecule has 21 heavy (non-hydrogen) atoms. The Bertz CT molecular complexity index is 476. The highest BCUT2D eigenvalue weighted by molar-refractivity contribution is 5.51. The van der Waals surface area contributed by atoms with Crippen LogP contribution in [0.15, 0.2) is 18.2 Å². The minimum Gasteiger partial charge on any atom is -0.496 e. The number of nitrogens with one attached hydrogen (secondary N) is 1. The van der Waals surface area contributed by atoms with Crippen molar-refractivity contribution in [1.29, 1.82) is 0 Å². The summed E-state index contributed by atoms with van der Waals surface area (Å²) in [6.45, 7) is -0.172. The fraction of sp³-hybridized carbons (Fsp3) is 0.600. The zero-order chi connectivity index (χ0) is 15.5. The molecule has 0 heterocycles. The van der Waals surface area contributed by atoms with E-state index in [-0.39, 0.29) is 25.5 Å². The Morgan fingerprint density at radius 3 is 2.71 bits per heavy atom. The molecular formula is C15H20F3NO2. The van der Waals surface area contributed by atoms with Crippen molar-refractivity contribution >= 4 is 5.69 Å². The van der Waals surface area contributed by atoms with Crippen LogP contribution in [0.4, 0.5) is 18.9 Å². The van der Waals surface area contributed by atoms with Crippen LogP contribution < -0.4 is 10.1 Å². The molecule has 0 unspecified atom stereocenters. The summed E-state index contributed by atoms with van der Waals surface area (Å²) in [5, 5.41) is 12.4. The van der Waals surface area contributed by atoms with Gasteiger partial charge in [0.2, 0.25) is 0 Å². The topological polar surface area (TPSA) is 41.5 Å². The van der Waals surface area contributed by atoms with Crippen LogP contribution in [0, 0.1) is 5.92 Å². The van der Waals surface area contributed by atoms with E-state index >= 15 is 0 Å². The number of aliphatic hydroxyl groups excluding tert-OH is 1. The van der Waals surface area contributed by atoms with E-state index in [1.807, 2.05) is 0 Å². The molecule has 1 aliphatic rings. The molecule has 0 aliphatic heterocycles. The largest absolute Gasteiger partial charge is 0.496 e. The molecule has 0 aromatic heterocycles. The summed E-state index contributed by atoms with van der Waals surface area (Å²) < 4.78 is 43.5. The first-order valence-electron chi connectivity index (χ1n) is 7.05. The summed E-state index contributed by atoms with van der Waals surface area (Å²) in [6.07, 6.45) is -2.50. The van der Waals surface area contributed by atoms with Crippen LogP contribution in [0.25, 0.3) is 0 Å². The number of ether oxygens (including phenoxy) is 1. The molecular weight excluding hydrogens is 283 g/mol. The molecule has 2 rings (SSSR count). The number of benzene rings is 1. The number of aliphatic hydroxyl groups is 1. The molecule has 0 saturated heterocycles. The highest BCUT2D eigenvalue weighted by Gasteiger charge is 2.42. The third kappa shape index (κ3) is 4.03. The summed E-state index contributed by atoms with van der Waals surface area (Å²) in [6, 6.07) is 4.99. The second kappa shape index (κ2) is 6.56. The first kappa shape index (κ1) is 15.9. The molecule has 1 aromatic carbocycles. The summed E-state index contributed by atoms with van der Waals surface area (Å²) in [7, 11) is 1.51. The quantitative estimate of drug-likeness (QED) is 0.890. The zero-order valence-corrected chi connectivity index (χ0v) is 11.9. The van der Waals surface area contributed by atoms with Crippen molar-refractivity contribution in [2.24, 2.45) is 5.92 Å². The van der Waals surface area contributed by atoms with Crippen molar-refractivity contribution in [3.8, 4) is 5.75 Å². The van der Waals surface area contributed by atoms with Gasteiger partial charge < -0.3 is 15.2 Å². The molecule has 0 radical (unpaired) electrons. The van der Waals surface area contributed by atoms with Gasteiger partial charge in [-0.25, -0.2) is 0 Å². The first-order chi connectivity index (χ1) is 9.94. The van der Waals surface area contributed by atoms with Crippen LogP contribution in [-0.4, -0.2) is 24.4 Å². The number of halogens is 3. The van der Waals surface area contributed by atoms with Crippen LogP contribution >= 0.6 is 0 Å². The number of methoxy groups -OCH3 is 1. The van der Waals surface area contributed by atoms with Gasteiger partial charge in [-0.05, 0) is 37.5 Å². The molecule has 2 N–H and O–H groups in total. The Kier molecular flexibility index (Phi) is 4.98. The standard InChI is InChI=1S/C15H20F3NO2/c1-21-14-6-5-13(7-10(14)9-20)19-12-4-2-3-11(8-12)15(16,17)18/h5-7,11-12,19-20H,2-4,8-9H2,1H3/t11-,12+/m1/s1. The zero-order valence-electron chi connectivity index (χ0n) is 11.9. The molecule has 1 saturated carbocycles. The van der Waals surface area contributed by atoms with E-state index in [1.54, 1.807) is 18.2 Å². The average molecular weight is 303 g/mol. The Labute approximate surface area is 122 Å². The van der Waals surface area contributed by atoms with Gasteiger partial charge in [-0.3, -0.25) is 0 Å². The summed E-state index contributed by atoms with van der Waals surface area (Å²) in [5.41, 5.74) is 1.33. The fourth-order valence-corrected chi connectivity index (χ4v) is 2.85. The Balaban J connectivity index is 2.04. The normalized spacial score (nSPS) is 22.9. The second-order valence-electron chi connectivity index (χ2n) is 5.43. The minimum absolute atomic E-state index is 0.101. The summed E-state index contributed by atoms with van der Waals surface area (Å²) in [4.78, 5) is 0. The third-order valence-electron chi connectivity index (χ3n) is 3.96. The lowest BCUT2D eigenvalue weighted by molar-refractivity contribution is -0.182. The van der Waals surface area contributed by atoms with Gasteiger partial charge in [0, 0.05) is 17.3 Å². The molecule has 1 aromatic rings. The number of rotatable bonds is 4. The number of hydrogen-bond acceptors (Lipinski definition) is 3. The van der Waals surface area contributed by atoms with Crippen molar-refractivity contribution in [1.82, 2.24) is 0 Å². The van der Waals surface area contributed by atoms with E-state index in [1.165, 1.54) is 7.11 Å². The molecule has 1 fully saturated rings. The predicted octanol–water partition coefficient (Wildman–Crippen LogP) is 3.72. The summed E-state index contributed by atoms with van der Waals surface area (Å²) >= 11 is 0. The van der Waals surface area contributed by atoms with Gasteiger partial charge in [0.05, 0.1) is 19.6 Å². The van der Waals surface area contributed by atoms with Gasteiger partial charge in [0.15, 0.2) is 0 Å². The number of hydrogen-bond donors (Lipinski definition) is 2. The van der Waals surface area contributed by atoms with Crippen molar-refractivity contribution in [2.75, 3.05) is 12.4 Å². The lowest BCUT2D eigenvalue weighted by Gasteiger charge is -2.31. The highest BCUT2D eigenvalue weighted by Crippen LogP contribution is 2.38. The number of alkyl halides is 3. The van der Waals surface area contributed by atoms with E-state index in [4.69, 9.17) is 4.74 Å². The van der Waals surface area contributed by atoms with E-state index in [0.29, 0.717) is 23.4 Å². The third-order valence-corrected chi connectivity index (χ3v) is 3.96. The van der Waals surface area contributed by atoms with Crippen LogP contribution in [0.3, 0.4) is 0 Å². The maximum Gasteiger partial charge on any atom is 0.391 e. The van der Waals surface area contributed by atoms with E-state index in [9.17, 15) is 18.3 Å². The number of anilines is 1. The molecule has 0 bridgehead atoms. The molecule has 0 spiro atoms. The Morgan fingerprint density at radius 2 is 2.10 bits per heavy atom. The monoisotopic (exact) mass is 303 g/mol. The maximum atomic E-state index is 12.8. The summed E-state index contributed by atoms with van der Waals surface area (Å²) in [5.74, 6) is -0.654. The minimum atomic E-state index is -4.11. The van der Waals surface area contributed by atoms with Crippen molar-refractivity contribution < 1.29 is 23.0 Å².